The van der Waals surface area contributed by atoms with E-state index in [9.17, 15) is 9.59 Å². The molecule has 0 amide bonds. The first kappa shape index (κ1) is 11.2. The third kappa shape index (κ3) is 1.27. The number of rotatable bonds is 1. The van der Waals surface area contributed by atoms with E-state index in [-0.39, 0.29) is 17.3 Å². The molecule has 0 radical (unpaired) electrons. The van der Waals surface area contributed by atoms with Gasteiger partial charge in [0.1, 0.15) is 11.6 Å². The maximum atomic E-state index is 12.6. The van der Waals surface area contributed by atoms with Crippen molar-refractivity contribution in [3.63, 3.8) is 0 Å². The molecule has 4 aliphatic carbocycles. The summed E-state index contributed by atoms with van der Waals surface area (Å²) in [6.45, 7) is 8.15. The van der Waals surface area contributed by atoms with Gasteiger partial charge in [0.2, 0.25) is 0 Å². The van der Waals surface area contributed by atoms with Gasteiger partial charge >= 0.3 is 0 Å². The number of allylic oxidation sites excluding steroid dienone is 1. The van der Waals surface area contributed by atoms with E-state index in [0.29, 0.717) is 29.8 Å². The first-order valence-electron chi connectivity index (χ1n) is 6.67. The van der Waals surface area contributed by atoms with Gasteiger partial charge in [0, 0.05) is 23.7 Å². The molecule has 2 heteroatoms. The molecule has 4 rings (SSSR count). The van der Waals surface area contributed by atoms with Crippen LogP contribution in [0.15, 0.2) is 12.2 Å². The summed E-state index contributed by atoms with van der Waals surface area (Å²) in [7, 11) is 0. The van der Waals surface area contributed by atoms with Crippen molar-refractivity contribution in [2.45, 2.75) is 39.5 Å². The zero-order valence-corrected chi connectivity index (χ0v) is 10.7. The summed E-state index contributed by atoms with van der Waals surface area (Å²) in [5.41, 5.74) is 0.926. The maximum absolute atomic E-state index is 12.6. The first-order chi connectivity index (χ1) is 7.95. The predicted molar refractivity (Wildman–Crippen MR) is 65.4 cm³/mol. The number of carbonyl (C=O) groups excluding carboxylic acids is 2. The predicted octanol–water partition coefficient (Wildman–Crippen LogP) is 2.77. The van der Waals surface area contributed by atoms with Gasteiger partial charge in [0.25, 0.3) is 0 Å². The molecular weight excluding hydrogens is 212 g/mol. The van der Waals surface area contributed by atoms with Crippen molar-refractivity contribution in [3.8, 4) is 0 Å². The smallest absolute Gasteiger partial charge is 0.142 e. The SMILES string of the molecule is C=C(C)C1CC2C3CC1C(=O)C2(C)CCC3=O. The highest BCUT2D eigenvalue weighted by Gasteiger charge is 2.61. The van der Waals surface area contributed by atoms with Crippen LogP contribution in [0.3, 0.4) is 0 Å². The average molecular weight is 232 g/mol. The van der Waals surface area contributed by atoms with Crippen molar-refractivity contribution in [2.24, 2.45) is 29.1 Å². The molecule has 2 nitrogen and oxygen atoms in total. The minimum absolute atomic E-state index is 0.0803. The second-order valence-corrected chi connectivity index (χ2v) is 6.49. The summed E-state index contributed by atoms with van der Waals surface area (Å²) in [6.07, 6.45) is 3.22. The highest BCUT2D eigenvalue weighted by Crippen LogP contribution is 2.60. The van der Waals surface area contributed by atoms with E-state index in [0.717, 1.165) is 24.8 Å². The van der Waals surface area contributed by atoms with Gasteiger partial charge in [0.05, 0.1) is 0 Å². The van der Waals surface area contributed by atoms with Crippen LogP contribution in [0.1, 0.15) is 39.5 Å². The van der Waals surface area contributed by atoms with Crippen LogP contribution >= 0.6 is 0 Å². The Morgan fingerprint density at radius 1 is 1.29 bits per heavy atom. The number of Topliss-reactive ketones (excluding diaryl/α,β-unsaturated/α-hetero) is 2. The minimum atomic E-state index is -0.201. The first-order valence-corrected chi connectivity index (χ1v) is 6.67. The third-order valence-electron chi connectivity index (χ3n) is 5.64. The molecule has 0 aromatic rings. The molecule has 0 aromatic carbocycles. The number of carbonyl (C=O) groups is 2. The molecule has 0 spiro atoms. The van der Waals surface area contributed by atoms with Gasteiger partial charge in [-0.25, -0.2) is 0 Å². The lowest BCUT2D eigenvalue weighted by Crippen LogP contribution is -2.60. The maximum Gasteiger partial charge on any atom is 0.142 e. The van der Waals surface area contributed by atoms with E-state index in [1.165, 1.54) is 0 Å². The number of hydrogen-bond donors (Lipinski definition) is 0. The van der Waals surface area contributed by atoms with E-state index in [1.807, 2.05) is 6.92 Å². The lowest BCUT2D eigenvalue weighted by molar-refractivity contribution is -0.165. The molecule has 4 bridgehead atoms. The van der Waals surface area contributed by atoms with Gasteiger partial charge < -0.3 is 0 Å². The van der Waals surface area contributed by atoms with Crippen molar-refractivity contribution >= 4 is 11.6 Å². The van der Waals surface area contributed by atoms with Crippen molar-refractivity contribution < 1.29 is 9.59 Å². The lowest BCUT2D eigenvalue weighted by atomic mass is 9.44. The van der Waals surface area contributed by atoms with Crippen molar-refractivity contribution in [2.75, 3.05) is 0 Å². The van der Waals surface area contributed by atoms with E-state index >= 15 is 0 Å². The average Bonchev–Trinajstić information content (AvgIpc) is 2.30. The topological polar surface area (TPSA) is 34.1 Å². The molecule has 0 saturated heterocycles. The van der Waals surface area contributed by atoms with E-state index in [1.54, 1.807) is 0 Å². The Bertz CT molecular complexity index is 423. The van der Waals surface area contributed by atoms with Crippen LogP contribution < -0.4 is 0 Å². The van der Waals surface area contributed by atoms with E-state index in [4.69, 9.17) is 0 Å². The molecule has 4 fully saturated rings. The molecule has 0 aliphatic heterocycles. The van der Waals surface area contributed by atoms with Gasteiger partial charge in [-0.05, 0) is 38.0 Å². The summed E-state index contributed by atoms with van der Waals surface area (Å²) < 4.78 is 0. The van der Waals surface area contributed by atoms with Crippen LogP contribution in [0.4, 0.5) is 0 Å². The van der Waals surface area contributed by atoms with Gasteiger partial charge in [-0.2, -0.15) is 0 Å². The highest BCUT2D eigenvalue weighted by atomic mass is 16.1. The van der Waals surface area contributed by atoms with Crippen LogP contribution in [0.5, 0.6) is 0 Å². The third-order valence-corrected chi connectivity index (χ3v) is 5.64. The second kappa shape index (κ2) is 3.30. The molecule has 4 saturated carbocycles. The van der Waals surface area contributed by atoms with Crippen molar-refractivity contribution in [1.29, 1.82) is 0 Å². The number of hydrogen-bond acceptors (Lipinski definition) is 2. The van der Waals surface area contributed by atoms with Gasteiger partial charge in [-0.3, -0.25) is 9.59 Å². The Morgan fingerprint density at radius 3 is 2.65 bits per heavy atom. The highest BCUT2D eigenvalue weighted by molar-refractivity contribution is 5.95. The molecule has 0 aromatic heterocycles. The summed E-state index contributed by atoms with van der Waals surface area (Å²) in [5, 5.41) is 0. The summed E-state index contributed by atoms with van der Waals surface area (Å²) in [6, 6.07) is 0. The molecule has 4 aliphatic rings. The fourth-order valence-electron chi connectivity index (χ4n) is 4.58. The van der Waals surface area contributed by atoms with Crippen molar-refractivity contribution in [1.82, 2.24) is 0 Å². The zero-order valence-electron chi connectivity index (χ0n) is 10.7. The summed E-state index contributed by atoms with van der Waals surface area (Å²) in [5.74, 6) is 1.71. The molecule has 5 atom stereocenters. The quantitative estimate of drug-likeness (QED) is 0.651. The minimum Gasteiger partial charge on any atom is -0.299 e. The standard InChI is InChI=1S/C15H20O2/c1-8(2)9-7-12-11-6-10(9)14(17)15(12,3)5-4-13(11)16/h9-12H,1,4-7H2,2-3H3. The van der Waals surface area contributed by atoms with Crippen LogP contribution in [0.2, 0.25) is 0 Å². The molecule has 92 valence electrons. The Balaban J connectivity index is 2.03. The zero-order chi connectivity index (χ0) is 12.4. The molecule has 5 unspecified atom stereocenters. The Hall–Kier alpha value is -0.920. The Morgan fingerprint density at radius 2 is 2.00 bits per heavy atom. The van der Waals surface area contributed by atoms with Crippen LogP contribution in [0.25, 0.3) is 0 Å². The normalized spacial score (nSPS) is 48.4. The number of fused-ring (bicyclic) bond motifs is 1. The van der Waals surface area contributed by atoms with Gasteiger partial charge in [0.15, 0.2) is 0 Å². The summed E-state index contributed by atoms with van der Waals surface area (Å²) >= 11 is 0. The Kier molecular flexibility index (Phi) is 2.17. The molecule has 0 N–H and O–H groups in total. The summed E-state index contributed by atoms with van der Waals surface area (Å²) in [4.78, 5) is 24.6. The van der Waals surface area contributed by atoms with Gasteiger partial charge in [-0.15, -0.1) is 0 Å². The molecular formula is C15H20O2. The van der Waals surface area contributed by atoms with Crippen LogP contribution in [0, 0.1) is 29.1 Å². The second-order valence-electron chi connectivity index (χ2n) is 6.49. The fraction of sp³-hybridized carbons (Fsp3) is 0.733. The largest absolute Gasteiger partial charge is 0.299 e. The molecule has 17 heavy (non-hydrogen) atoms. The monoisotopic (exact) mass is 232 g/mol. The van der Waals surface area contributed by atoms with E-state index in [2.05, 4.69) is 13.5 Å². The van der Waals surface area contributed by atoms with E-state index < -0.39 is 0 Å². The van der Waals surface area contributed by atoms with Crippen LogP contribution in [-0.2, 0) is 9.59 Å². The Labute approximate surface area is 102 Å². The number of ketones is 2. The van der Waals surface area contributed by atoms with Crippen molar-refractivity contribution in [3.05, 3.63) is 12.2 Å². The lowest BCUT2D eigenvalue weighted by Gasteiger charge is -2.58. The fourth-order valence-corrected chi connectivity index (χ4v) is 4.58. The van der Waals surface area contributed by atoms with Crippen LogP contribution in [-0.4, -0.2) is 11.6 Å². The molecule has 0 heterocycles. The van der Waals surface area contributed by atoms with Gasteiger partial charge in [-0.1, -0.05) is 19.1 Å².